The van der Waals surface area contributed by atoms with Crippen LogP contribution in [0, 0.1) is 0 Å². The minimum atomic E-state index is -4.83. The van der Waals surface area contributed by atoms with Crippen LogP contribution in [0.5, 0.6) is 0 Å². The number of nitrogens with zero attached hydrogens (tertiary/aromatic N) is 6. The Hall–Kier alpha value is -10.5. The molecule has 0 saturated carbocycles. The summed E-state index contributed by atoms with van der Waals surface area (Å²) < 4.78 is 125. The van der Waals surface area contributed by atoms with Crippen molar-refractivity contribution in [2.24, 2.45) is 0 Å². The minimum Gasteiger partial charge on any atom is -0.478 e. The smallest absolute Gasteiger partial charge is 0.335 e. The van der Waals surface area contributed by atoms with Gasteiger partial charge in [0.15, 0.2) is 23.3 Å². The SMILES string of the molecule is O=C(O)c1cccc(S(=O)(=O)Nc2ccc3c(c2)-c2nc-3nc3[nH]c(nc4nc(nc5[nH]c(n2)c2ccc(NS(=O)(=O)c6cccc(C(=O)O)c6)cc52)-c2ccc(S(=O)(=O)O)cc2-4)c2ccc(NS(=O)(=O)c4cccc(C(=O)O)c4)cc32)c1. The fourth-order valence-corrected chi connectivity index (χ4v) is 12.9. The lowest BCUT2D eigenvalue weighted by Gasteiger charge is -2.10. The van der Waals surface area contributed by atoms with Crippen LogP contribution in [-0.2, 0) is 40.2 Å². The zero-order valence-electron chi connectivity index (χ0n) is 41.5. The first-order valence-corrected chi connectivity index (χ1v) is 29.7. The summed E-state index contributed by atoms with van der Waals surface area (Å²) in [6, 6.07) is 30.4. The van der Waals surface area contributed by atoms with Gasteiger partial charge >= 0.3 is 17.9 Å². The predicted octanol–water partition coefficient (Wildman–Crippen LogP) is 7.61. The van der Waals surface area contributed by atoms with Gasteiger partial charge in [0.2, 0.25) is 0 Å². The molecule has 3 aromatic heterocycles. The fraction of sp³-hybridized carbons (Fsp3) is 0. The number of aromatic nitrogens is 8. The van der Waals surface area contributed by atoms with E-state index in [2.05, 4.69) is 24.1 Å². The topological polar surface area (TPSA) is 414 Å². The quantitative estimate of drug-likeness (QED) is 0.0501. The van der Waals surface area contributed by atoms with Gasteiger partial charge in [-0.25, -0.2) is 69.5 Å². The van der Waals surface area contributed by atoms with Crippen LogP contribution in [0.3, 0.4) is 0 Å². The van der Waals surface area contributed by atoms with E-state index in [9.17, 15) is 67.9 Å². The maximum absolute atomic E-state index is 13.8. The highest BCUT2D eigenvalue weighted by molar-refractivity contribution is 7.93. The molecule has 0 fully saturated rings. The third kappa shape index (κ3) is 9.92. The van der Waals surface area contributed by atoms with Crippen LogP contribution in [-0.4, -0.2) is 111 Å². The van der Waals surface area contributed by atoms with Crippen molar-refractivity contribution in [1.29, 1.82) is 0 Å². The molecule has 83 heavy (non-hydrogen) atoms. The van der Waals surface area contributed by atoms with Crippen LogP contribution >= 0.6 is 0 Å². The Kier molecular flexibility index (Phi) is 12.4. The van der Waals surface area contributed by atoms with Crippen molar-refractivity contribution in [3.05, 3.63) is 162 Å². The molecule has 8 bridgehead atoms. The summed E-state index contributed by atoms with van der Waals surface area (Å²) in [6.07, 6.45) is 0. The largest absolute Gasteiger partial charge is 0.478 e. The first-order chi connectivity index (χ1) is 39.4. The van der Waals surface area contributed by atoms with Crippen molar-refractivity contribution in [3.63, 3.8) is 0 Å². The van der Waals surface area contributed by atoms with Gasteiger partial charge in [0.1, 0.15) is 22.6 Å². The lowest BCUT2D eigenvalue weighted by molar-refractivity contribution is 0.0685. The number of aromatic amines is 2. The molecule has 26 nitrogen and oxygen atoms in total. The second-order valence-corrected chi connectivity index (χ2v) is 24.9. The Balaban J connectivity index is 1.11. The van der Waals surface area contributed by atoms with E-state index >= 15 is 0 Å². The average Bonchev–Trinajstić information content (AvgIpc) is 3.10. The Morgan fingerprint density at radius 2 is 0.687 bits per heavy atom. The van der Waals surface area contributed by atoms with Gasteiger partial charge in [-0.1, -0.05) is 18.2 Å². The lowest BCUT2D eigenvalue weighted by Crippen LogP contribution is -2.13. The molecule has 0 radical (unpaired) electrons. The number of H-pyrrole nitrogens is 2. The standard InChI is InChI=1S/C53H33N11O15S4/c65-51(66)25-4-1-7-31(18-25)80(71,72)62-28-10-14-35-39(21-28)47-54-43(35)56-48-41-23-30(64-82(75,76)33-9-3-6-27(20-33)53(69)70)12-16-37(41)45(58-48)60-50-42-24-34(83(77,78)79)13-17-38(42)46(61-50)59-49-40-22-29(11-15-36(40)44(55-47)57-49)63-81(73,74)32-8-2-5-26(19-32)52(67)68/h1-24,62-64H,(H,65,66)(H,67,68)(H,69,70)(H,77,78,79)(H2,54,55,56,57,58,59,60,61). The molecule has 414 valence electrons. The molecule has 0 amide bonds. The number of nitrogens with one attached hydrogen (secondary N) is 5. The normalized spacial score (nSPS) is 12.3. The second-order valence-electron chi connectivity index (χ2n) is 18.4. The van der Waals surface area contributed by atoms with E-state index in [1.807, 2.05) is 0 Å². The number of anilines is 3. The van der Waals surface area contributed by atoms with Gasteiger partial charge in [0, 0.05) is 60.9 Å². The van der Waals surface area contributed by atoms with Crippen LogP contribution in [0.15, 0.2) is 165 Å². The summed E-state index contributed by atoms with van der Waals surface area (Å²) in [6.45, 7) is 0. The Bertz CT molecular complexity index is 5130. The molecule has 0 atom stereocenters. The zero-order valence-corrected chi connectivity index (χ0v) is 44.7. The number of aromatic carboxylic acids is 3. The van der Waals surface area contributed by atoms with Gasteiger partial charge in [-0.05, 0) is 127 Å². The second kappa shape index (κ2) is 19.3. The molecular weight excluding hydrogens is 1160 g/mol. The first-order valence-electron chi connectivity index (χ1n) is 23.8. The highest BCUT2D eigenvalue weighted by Gasteiger charge is 2.27. The van der Waals surface area contributed by atoms with Crippen LogP contribution in [0.25, 0.3) is 89.7 Å². The van der Waals surface area contributed by atoms with Crippen molar-refractivity contribution in [1.82, 2.24) is 39.9 Å². The molecule has 10 aromatic rings. The number of fused-ring (bicyclic) bond motifs is 20. The number of benzene rings is 7. The third-order valence-electron chi connectivity index (χ3n) is 13.0. The number of hydrogen-bond acceptors (Lipinski definition) is 17. The molecule has 5 heterocycles. The van der Waals surface area contributed by atoms with Gasteiger partial charge < -0.3 is 25.3 Å². The number of carboxylic acid groups (broad SMARTS) is 3. The molecular formula is C53H33N11O15S4. The lowest BCUT2D eigenvalue weighted by atomic mass is 10.1. The van der Waals surface area contributed by atoms with Crippen LogP contribution in [0.4, 0.5) is 17.1 Å². The first kappa shape index (κ1) is 53.1. The van der Waals surface area contributed by atoms with Crippen molar-refractivity contribution in [2.75, 3.05) is 14.2 Å². The van der Waals surface area contributed by atoms with E-state index in [1.165, 1.54) is 115 Å². The minimum absolute atomic E-state index is 0.00881. The summed E-state index contributed by atoms with van der Waals surface area (Å²) >= 11 is 0. The van der Waals surface area contributed by atoms with E-state index in [4.69, 9.17) is 29.9 Å². The van der Waals surface area contributed by atoms with E-state index in [-0.39, 0.29) is 138 Å². The number of hydrogen-bond donors (Lipinski definition) is 9. The maximum atomic E-state index is 13.8. The molecule has 0 saturated heterocycles. The number of carboxylic acids is 3. The van der Waals surface area contributed by atoms with E-state index in [1.54, 1.807) is 0 Å². The molecule has 9 N–H and O–H groups in total. The molecule has 12 rings (SSSR count). The van der Waals surface area contributed by atoms with E-state index in [0.717, 1.165) is 30.3 Å². The van der Waals surface area contributed by atoms with E-state index < -0.39 is 63.0 Å². The number of sulfonamides is 3. The average molecular weight is 1190 g/mol. The molecule has 30 heteroatoms. The molecule has 7 aromatic carbocycles. The van der Waals surface area contributed by atoms with Gasteiger partial charge in [0.25, 0.3) is 40.2 Å². The van der Waals surface area contributed by atoms with Crippen molar-refractivity contribution >= 4 is 119 Å². The van der Waals surface area contributed by atoms with Crippen LogP contribution in [0.1, 0.15) is 31.1 Å². The van der Waals surface area contributed by atoms with Crippen molar-refractivity contribution < 1.29 is 67.9 Å². The summed E-state index contributed by atoms with van der Waals surface area (Å²) in [5, 5.41) is 29.7. The number of carbonyl (C=O) groups is 3. The third-order valence-corrected chi connectivity index (χ3v) is 18.0. The summed E-state index contributed by atoms with van der Waals surface area (Å²) in [5.41, 5.74) is -0.231. The van der Waals surface area contributed by atoms with Crippen molar-refractivity contribution in [3.8, 4) is 45.6 Å². The molecule has 0 spiro atoms. The van der Waals surface area contributed by atoms with Gasteiger partial charge in [-0.15, -0.1) is 0 Å². The Morgan fingerprint density at radius 3 is 1.07 bits per heavy atom. The van der Waals surface area contributed by atoms with Gasteiger partial charge in [-0.2, -0.15) is 8.42 Å². The fourth-order valence-electron chi connectivity index (χ4n) is 9.16. The van der Waals surface area contributed by atoms with E-state index in [0.29, 0.717) is 0 Å². The van der Waals surface area contributed by atoms with Gasteiger partial charge in [0.05, 0.1) is 36.3 Å². The monoisotopic (exact) mass is 1190 g/mol. The predicted molar refractivity (Wildman–Crippen MR) is 298 cm³/mol. The molecule has 2 aliphatic rings. The summed E-state index contributed by atoms with van der Waals surface area (Å²) in [5.74, 6) is -4.47. The molecule has 0 unspecified atom stereocenters. The Morgan fingerprint density at radius 1 is 0.349 bits per heavy atom. The van der Waals surface area contributed by atoms with Crippen LogP contribution in [0.2, 0.25) is 0 Å². The summed E-state index contributed by atoms with van der Waals surface area (Å²) in [7, 11) is -18.1. The summed E-state index contributed by atoms with van der Waals surface area (Å²) in [4.78, 5) is 68.9. The highest BCUT2D eigenvalue weighted by atomic mass is 32.2. The van der Waals surface area contributed by atoms with Crippen LogP contribution < -0.4 is 14.2 Å². The molecule has 0 aliphatic carbocycles. The van der Waals surface area contributed by atoms with Gasteiger partial charge in [-0.3, -0.25) is 18.7 Å². The van der Waals surface area contributed by atoms with Crippen molar-refractivity contribution in [2.45, 2.75) is 19.6 Å². The maximum Gasteiger partial charge on any atom is 0.335 e. The number of rotatable bonds is 13. The zero-order chi connectivity index (χ0) is 58.5. The molecule has 2 aliphatic heterocycles. The highest BCUT2D eigenvalue weighted by Crippen LogP contribution is 2.40. The Labute approximate surface area is 466 Å².